The Hall–Kier alpha value is -1.82. The third kappa shape index (κ3) is 4.34. The lowest BCUT2D eigenvalue weighted by Crippen LogP contribution is -2.44. The molecule has 0 aromatic carbocycles. The van der Waals surface area contributed by atoms with Crippen molar-refractivity contribution in [2.24, 2.45) is 5.92 Å². The van der Waals surface area contributed by atoms with Crippen LogP contribution in [0.4, 0.5) is 0 Å². The maximum atomic E-state index is 12.6. The van der Waals surface area contributed by atoms with Crippen molar-refractivity contribution in [2.45, 2.75) is 45.7 Å². The molecule has 1 aromatic rings. The second-order valence-corrected chi connectivity index (χ2v) is 6.58. The highest BCUT2D eigenvalue weighted by Gasteiger charge is 2.39. The number of hydrogen-bond acceptors (Lipinski definition) is 4. The van der Waals surface area contributed by atoms with Crippen molar-refractivity contribution in [3.8, 4) is 5.88 Å². The molecular formula is C16H21ClN2O4. The molecule has 1 aromatic heterocycles. The van der Waals surface area contributed by atoms with Gasteiger partial charge in [-0.05, 0) is 31.7 Å². The molecule has 0 radical (unpaired) electrons. The largest absolute Gasteiger partial charge is 0.480 e. The van der Waals surface area contributed by atoms with Crippen LogP contribution >= 0.6 is 11.6 Å². The Morgan fingerprint density at radius 3 is 2.57 bits per heavy atom. The normalized spacial score (nSPS) is 15.3. The number of aromatic nitrogens is 1. The zero-order valence-corrected chi connectivity index (χ0v) is 14.2. The lowest BCUT2D eigenvalue weighted by molar-refractivity contribution is -0.141. The second kappa shape index (κ2) is 7.17. The fourth-order valence-corrected chi connectivity index (χ4v) is 2.39. The van der Waals surface area contributed by atoms with Gasteiger partial charge in [0.15, 0.2) is 0 Å². The van der Waals surface area contributed by atoms with Gasteiger partial charge in [-0.15, -0.1) is 0 Å². The molecule has 1 saturated carbocycles. The minimum absolute atomic E-state index is 0.0238. The van der Waals surface area contributed by atoms with Gasteiger partial charge in [0.25, 0.3) is 5.91 Å². The third-order valence-corrected chi connectivity index (χ3v) is 3.83. The van der Waals surface area contributed by atoms with Crippen LogP contribution in [-0.2, 0) is 4.79 Å². The van der Waals surface area contributed by atoms with Crippen LogP contribution in [0.3, 0.4) is 0 Å². The summed E-state index contributed by atoms with van der Waals surface area (Å²) in [5.74, 6) is -0.787. The van der Waals surface area contributed by atoms with Crippen molar-refractivity contribution < 1.29 is 19.4 Å². The number of rotatable bonds is 7. The molecule has 126 valence electrons. The molecule has 1 fully saturated rings. The summed E-state index contributed by atoms with van der Waals surface area (Å²) in [6.45, 7) is 6.00. The average molecular weight is 341 g/mol. The molecule has 0 spiro atoms. The van der Waals surface area contributed by atoms with Crippen LogP contribution in [0.5, 0.6) is 5.88 Å². The summed E-state index contributed by atoms with van der Waals surface area (Å²) in [5.41, 5.74) is 0.270. The number of pyridine rings is 1. The summed E-state index contributed by atoms with van der Waals surface area (Å²) >= 11 is 6.12. The molecule has 6 nitrogen and oxygen atoms in total. The van der Waals surface area contributed by atoms with Gasteiger partial charge in [-0.1, -0.05) is 25.4 Å². The van der Waals surface area contributed by atoms with Crippen LogP contribution < -0.4 is 4.74 Å². The van der Waals surface area contributed by atoms with E-state index in [1.165, 1.54) is 24.1 Å². The maximum absolute atomic E-state index is 12.6. The Bertz CT molecular complexity index is 602. The molecule has 0 aliphatic heterocycles. The van der Waals surface area contributed by atoms with Gasteiger partial charge in [-0.2, -0.15) is 0 Å². The van der Waals surface area contributed by atoms with Gasteiger partial charge >= 0.3 is 5.97 Å². The van der Waals surface area contributed by atoms with Crippen LogP contribution in [0.2, 0.25) is 5.02 Å². The Kier molecular flexibility index (Phi) is 5.46. The van der Waals surface area contributed by atoms with E-state index in [-0.39, 0.29) is 28.4 Å². The van der Waals surface area contributed by atoms with E-state index in [0.29, 0.717) is 12.5 Å². The van der Waals surface area contributed by atoms with Crippen LogP contribution in [0, 0.1) is 5.92 Å². The van der Waals surface area contributed by atoms with Crippen LogP contribution in [-0.4, -0.2) is 45.6 Å². The van der Waals surface area contributed by atoms with Crippen molar-refractivity contribution >= 4 is 23.5 Å². The van der Waals surface area contributed by atoms with E-state index < -0.39 is 12.0 Å². The molecule has 0 saturated heterocycles. The number of carboxylic acid groups (broad SMARTS) is 1. The van der Waals surface area contributed by atoms with E-state index in [9.17, 15) is 14.7 Å². The minimum atomic E-state index is -1.03. The molecule has 0 bridgehead atoms. The number of halogens is 1. The van der Waals surface area contributed by atoms with E-state index in [1.807, 2.05) is 13.8 Å². The first kappa shape index (κ1) is 17.5. The topological polar surface area (TPSA) is 79.7 Å². The lowest BCUT2D eigenvalue weighted by Gasteiger charge is -2.26. The van der Waals surface area contributed by atoms with E-state index in [0.717, 1.165) is 12.8 Å². The number of ether oxygens (including phenoxy) is 1. The highest BCUT2D eigenvalue weighted by Crippen LogP contribution is 2.31. The number of carbonyl (C=O) groups is 2. The van der Waals surface area contributed by atoms with Gasteiger partial charge in [-0.3, -0.25) is 4.79 Å². The third-order valence-electron chi connectivity index (χ3n) is 3.56. The van der Waals surface area contributed by atoms with Crippen LogP contribution in [0.15, 0.2) is 12.3 Å². The highest BCUT2D eigenvalue weighted by atomic mass is 35.5. The first-order valence-corrected chi connectivity index (χ1v) is 8.02. The van der Waals surface area contributed by atoms with Crippen LogP contribution in [0.1, 0.15) is 44.0 Å². The highest BCUT2D eigenvalue weighted by molar-refractivity contribution is 6.32. The van der Waals surface area contributed by atoms with Gasteiger partial charge in [0.2, 0.25) is 5.88 Å². The predicted molar refractivity (Wildman–Crippen MR) is 85.9 cm³/mol. The predicted octanol–water partition coefficient (Wildman–Crippen LogP) is 2.85. The number of aliphatic carboxylic acids is 1. The molecule has 1 aliphatic rings. The number of hydrogen-bond donors (Lipinski definition) is 1. The first-order chi connectivity index (χ1) is 10.8. The average Bonchev–Trinajstić information content (AvgIpc) is 3.30. The maximum Gasteiger partial charge on any atom is 0.326 e. The number of nitrogens with zero attached hydrogens (tertiary/aromatic N) is 2. The zero-order chi connectivity index (χ0) is 17.1. The molecule has 2 rings (SSSR count). The molecular weight excluding hydrogens is 320 g/mol. The lowest BCUT2D eigenvalue weighted by atomic mass is 10.2. The number of carbonyl (C=O) groups excluding carboxylic acids is 1. The molecule has 1 heterocycles. The SMILES string of the molecule is CC(C)COc1ncc(C(=O)N(C2CC2)C(C)C(=O)O)cc1Cl. The van der Waals surface area contributed by atoms with E-state index in [2.05, 4.69) is 4.98 Å². The number of amides is 1. The molecule has 7 heteroatoms. The Morgan fingerprint density at radius 1 is 1.43 bits per heavy atom. The number of carboxylic acids is 1. The van der Waals surface area contributed by atoms with Gasteiger partial charge in [0.1, 0.15) is 11.1 Å². The Balaban J connectivity index is 2.18. The summed E-state index contributed by atoms with van der Waals surface area (Å²) in [4.78, 5) is 29.3. The van der Waals surface area contributed by atoms with E-state index >= 15 is 0 Å². The van der Waals surface area contributed by atoms with Gasteiger partial charge in [0, 0.05) is 12.2 Å². The first-order valence-electron chi connectivity index (χ1n) is 7.65. The second-order valence-electron chi connectivity index (χ2n) is 6.17. The summed E-state index contributed by atoms with van der Waals surface area (Å²) in [7, 11) is 0. The van der Waals surface area contributed by atoms with Crippen LogP contribution in [0.25, 0.3) is 0 Å². The summed E-state index contributed by atoms with van der Waals surface area (Å²) in [6.07, 6.45) is 3.02. The molecule has 1 unspecified atom stereocenters. The van der Waals surface area contributed by atoms with Gasteiger partial charge in [0.05, 0.1) is 12.2 Å². The molecule has 1 atom stereocenters. The molecule has 23 heavy (non-hydrogen) atoms. The quantitative estimate of drug-likeness (QED) is 0.825. The smallest absolute Gasteiger partial charge is 0.326 e. The molecule has 1 N–H and O–H groups in total. The van der Waals surface area contributed by atoms with Crippen molar-refractivity contribution in [3.05, 3.63) is 22.8 Å². The van der Waals surface area contributed by atoms with Gasteiger partial charge < -0.3 is 14.7 Å². The standard InChI is InChI=1S/C16H21ClN2O4/c1-9(2)8-23-14-13(17)6-11(7-18-14)15(20)19(12-4-5-12)10(3)16(21)22/h6-7,9-10,12H,4-5,8H2,1-3H3,(H,21,22). The zero-order valence-electron chi connectivity index (χ0n) is 13.5. The summed E-state index contributed by atoms with van der Waals surface area (Å²) < 4.78 is 5.48. The Labute approximate surface area is 140 Å². The monoisotopic (exact) mass is 340 g/mol. The molecule has 1 aliphatic carbocycles. The van der Waals surface area contributed by atoms with Crippen molar-refractivity contribution in [2.75, 3.05) is 6.61 Å². The van der Waals surface area contributed by atoms with Crippen molar-refractivity contribution in [1.29, 1.82) is 0 Å². The van der Waals surface area contributed by atoms with Crippen molar-refractivity contribution in [3.63, 3.8) is 0 Å². The fourth-order valence-electron chi connectivity index (χ4n) is 2.17. The van der Waals surface area contributed by atoms with E-state index in [4.69, 9.17) is 16.3 Å². The minimum Gasteiger partial charge on any atom is -0.480 e. The van der Waals surface area contributed by atoms with Crippen molar-refractivity contribution in [1.82, 2.24) is 9.88 Å². The van der Waals surface area contributed by atoms with Gasteiger partial charge in [-0.25, -0.2) is 9.78 Å². The molecule has 1 amide bonds. The van der Waals surface area contributed by atoms with E-state index in [1.54, 1.807) is 0 Å². The fraction of sp³-hybridized carbons (Fsp3) is 0.562. The summed E-state index contributed by atoms with van der Waals surface area (Å²) in [6, 6.07) is 0.575. The Morgan fingerprint density at radius 2 is 2.09 bits per heavy atom. The summed E-state index contributed by atoms with van der Waals surface area (Å²) in [5, 5.41) is 9.44.